The van der Waals surface area contributed by atoms with Crippen molar-refractivity contribution in [3.8, 4) is 0 Å². The molecular weight excluding hydrogens is 371 g/mol. The van der Waals surface area contributed by atoms with E-state index in [1.165, 1.54) is 29.4 Å². The van der Waals surface area contributed by atoms with Crippen molar-refractivity contribution < 1.29 is 13.2 Å². The predicted molar refractivity (Wildman–Crippen MR) is 97.9 cm³/mol. The number of rotatable bonds is 4. The molecule has 0 unspecified atom stereocenters. The van der Waals surface area contributed by atoms with Crippen molar-refractivity contribution >= 4 is 16.7 Å². The highest BCUT2D eigenvalue weighted by atomic mass is 19.3. The van der Waals surface area contributed by atoms with Crippen LogP contribution in [0.2, 0.25) is 0 Å². The minimum absolute atomic E-state index is 0.220. The Morgan fingerprint density at radius 3 is 2.61 bits per heavy atom. The Morgan fingerprint density at radius 2 is 1.89 bits per heavy atom. The van der Waals surface area contributed by atoms with Crippen LogP contribution in [0.15, 0.2) is 41.7 Å². The molecule has 3 heterocycles. The molecule has 6 nitrogen and oxygen atoms in total. The summed E-state index contributed by atoms with van der Waals surface area (Å²) in [5.74, 6) is 0.582. The van der Waals surface area contributed by atoms with Gasteiger partial charge in [-0.25, -0.2) is 28.1 Å². The maximum atomic E-state index is 13.6. The van der Waals surface area contributed by atoms with Crippen LogP contribution in [0.5, 0.6) is 0 Å². The van der Waals surface area contributed by atoms with Crippen molar-refractivity contribution in [1.29, 1.82) is 0 Å². The highest BCUT2D eigenvalue weighted by Gasteiger charge is 2.23. The number of fused-ring (bicyclic) bond motifs is 1. The number of aromatic nitrogens is 4. The molecule has 0 N–H and O–H groups in total. The minimum atomic E-state index is -2.75. The van der Waals surface area contributed by atoms with Gasteiger partial charge in [0, 0.05) is 31.1 Å². The average Bonchev–Trinajstić information content (AvgIpc) is 2.69. The van der Waals surface area contributed by atoms with Crippen molar-refractivity contribution in [3.63, 3.8) is 0 Å². The number of piperidine rings is 1. The van der Waals surface area contributed by atoms with Gasteiger partial charge in [0.25, 0.3) is 12.0 Å². The smallest absolute Gasteiger partial charge is 0.280 e. The van der Waals surface area contributed by atoms with Crippen LogP contribution in [0, 0.1) is 11.7 Å². The fourth-order valence-electron chi connectivity index (χ4n) is 3.57. The zero-order valence-electron chi connectivity index (χ0n) is 14.9. The van der Waals surface area contributed by atoms with Crippen LogP contribution in [0.1, 0.15) is 25.0 Å². The fraction of sp³-hybridized carbons (Fsp3) is 0.368. The lowest BCUT2D eigenvalue weighted by Crippen LogP contribution is -2.37. The summed E-state index contributed by atoms with van der Waals surface area (Å²) < 4.78 is 40.3. The number of alkyl halides is 2. The lowest BCUT2D eigenvalue weighted by molar-refractivity contribution is 0.145. The van der Waals surface area contributed by atoms with Gasteiger partial charge in [-0.2, -0.15) is 0 Å². The van der Waals surface area contributed by atoms with Gasteiger partial charge in [-0.1, -0.05) is 0 Å². The molecule has 1 aliphatic heterocycles. The molecule has 4 rings (SSSR count). The Bertz CT molecular complexity index is 1050. The maximum Gasteiger partial charge on any atom is 0.280 e. The minimum Gasteiger partial charge on any atom is -0.356 e. The predicted octanol–water partition coefficient (Wildman–Crippen LogP) is 3.18. The van der Waals surface area contributed by atoms with Crippen LogP contribution in [-0.4, -0.2) is 32.6 Å². The van der Waals surface area contributed by atoms with Crippen LogP contribution in [0.3, 0.4) is 0 Å². The molecule has 1 fully saturated rings. The Labute approximate surface area is 158 Å². The highest BCUT2D eigenvalue weighted by Crippen LogP contribution is 2.28. The number of hydrogen-bond acceptors (Lipinski definition) is 5. The fourth-order valence-corrected chi connectivity index (χ4v) is 3.57. The van der Waals surface area contributed by atoms with E-state index in [1.54, 1.807) is 6.07 Å². The van der Waals surface area contributed by atoms with Gasteiger partial charge in [-0.3, -0.25) is 9.36 Å². The molecule has 28 heavy (non-hydrogen) atoms. The molecular formula is C19H18F3N5O. The van der Waals surface area contributed by atoms with Crippen molar-refractivity contribution in [2.45, 2.75) is 25.8 Å². The maximum absolute atomic E-state index is 13.6. The number of hydrogen-bond donors (Lipinski definition) is 0. The van der Waals surface area contributed by atoms with E-state index >= 15 is 0 Å². The standard InChI is InChI=1S/C19H18F3N5O/c20-13-1-2-15-14(7-13)19(24-10-23-15)26-5-3-12(4-6-26)9-27-11-25-16(18(21)22)8-17(27)28/h1-2,7-8,10-12,18H,3-6,9H2. The molecule has 9 heteroatoms. The molecule has 0 bridgehead atoms. The van der Waals surface area contributed by atoms with Crippen molar-refractivity contribution in [2.75, 3.05) is 18.0 Å². The third kappa shape index (κ3) is 3.69. The Hall–Kier alpha value is -2.97. The first-order valence-corrected chi connectivity index (χ1v) is 9.01. The Balaban J connectivity index is 1.46. The first-order chi connectivity index (χ1) is 13.5. The third-order valence-electron chi connectivity index (χ3n) is 5.07. The van der Waals surface area contributed by atoms with Crippen LogP contribution < -0.4 is 10.5 Å². The van der Waals surface area contributed by atoms with Gasteiger partial charge in [0.1, 0.15) is 23.7 Å². The van der Waals surface area contributed by atoms with Gasteiger partial charge in [-0.15, -0.1) is 0 Å². The van der Waals surface area contributed by atoms with Crippen molar-refractivity contribution in [1.82, 2.24) is 19.5 Å². The van der Waals surface area contributed by atoms with E-state index in [1.807, 2.05) is 0 Å². The zero-order chi connectivity index (χ0) is 19.7. The lowest BCUT2D eigenvalue weighted by atomic mass is 9.96. The summed E-state index contributed by atoms with van der Waals surface area (Å²) in [7, 11) is 0. The largest absolute Gasteiger partial charge is 0.356 e. The van der Waals surface area contributed by atoms with Gasteiger partial charge in [0.2, 0.25) is 0 Å². The van der Waals surface area contributed by atoms with Gasteiger partial charge < -0.3 is 4.90 Å². The molecule has 3 aromatic rings. The second kappa shape index (κ2) is 7.57. The summed E-state index contributed by atoms with van der Waals surface area (Å²) in [4.78, 5) is 26.3. The highest BCUT2D eigenvalue weighted by molar-refractivity contribution is 5.89. The lowest BCUT2D eigenvalue weighted by Gasteiger charge is -2.33. The zero-order valence-corrected chi connectivity index (χ0v) is 14.9. The van der Waals surface area contributed by atoms with Crippen molar-refractivity contribution in [3.05, 3.63) is 58.8 Å². The SMILES string of the molecule is O=c1cc(C(F)F)ncn1CC1CCN(c2ncnc3ccc(F)cc23)CC1. The van der Waals surface area contributed by atoms with Gasteiger partial charge in [0.15, 0.2) is 0 Å². The van der Waals surface area contributed by atoms with Gasteiger partial charge in [-0.05, 0) is 37.0 Å². The second-order valence-electron chi connectivity index (χ2n) is 6.89. The monoisotopic (exact) mass is 389 g/mol. The summed E-state index contributed by atoms with van der Waals surface area (Å²) in [6.45, 7) is 1.83. The molecule has 0 aliphatic carbocycles. The first kappa shape index (κ1) is 18.4. The number of benzene rings is 1. The van der Waals surface area contributed by atoms with Crippen LogP contribution in [0.4, 0.5) is 19.0 Å². The van der Waals surface area contributed by atoms with E-state index in [-0.39, 0.29) is 11.7 Å². The molecule has 0 spiro atoms. The van der Waals surface area contributed by atoms with Crippen LogP contribution in [-0.2, 0) is 6.54 Å². The summed E-state index contributed by atoms with van der Waals surface area (Å²) >= 11 is 0. The summed E-state index contributed by atoms with van der Waals surface area (Å²) in [5, 5.41) is 0.670. The Morgan fingerprint density at radius 1 is 1.11 bits per heavy atom. The molecule has 0 amide bonds. The topological polar surface area (TPSA) is 63.9 Å². The molecule has 0 saturated carbocycles. The molecule has 146 valence electrons. The normalized spacial score (nSPS) is 15.5. The number of halogens is 3. The third-order valence-corrected chi connectivity index (χ3v) is 5.07. The van der Waals surface area contributed by atoms with Crippen LogP contribution in [0.25, 0.3) is 10.9 Å². The second-order valence-corrected chi connectivity index (χ2v) is 6.89. The van der Waals surface area contributed by atoms with E-state index < -0.39 is 17.7 Å². The Kier molecular flexibility index (Phi) is 4.97. The summed E-state index contributed by atoms with van der Waals surface area (Å²) in [5.41, 5.74) is -0.283. The quantitative estimate of drug-likeness (QED) is 0.686. The van der Waals surface area contributed by atoms with Gasteiger partial charge >= 0.3 is 0 Å². The molecule has 1 saturated heterocycles. The molecule has 2 aromatic heterocycles. The van der Waals surface area contributed by atoms with Crippen molar-refractivity contribution in [2.24, 2.45) is 5.92 Å². The van der Waals surface area contributed by atoms with Crippen LogP contribution >= 0.6 is 0 Å². The molecule has 1 aliphatic rings. The summed E-state index contributed by atoms with van der Waals surface area (Å²) in [6, 6.07) is 5.33. The number of nitrogens with zero attached hydrogens (tertiary/aromatic N) is 5. The average molecular weight is 389 g/mol. The van der Waals surface area contributed by atoms with E-state index in [2.05, 4.69) is 19.9 Å². The van der Waals surface area contributed by atoms with E-state index in [0.717, 1.165) is 18.9 Å². The van der Waals surface area contributed by atoms with E-state index in [9.17, 15) is 18.0 Å². The summed E-state index contributed by atoms with van der Waals surface area (Å²) in [6.07, 6.45) is 1.50. The first-order valence-electron chi connectivity index (χ1n) is 9.01. The van der Waals surface area contributed by atoms with Gasteiger partial charge in [0.05, 0.1) is 11.8 Å². The molecule has 0 atom stereocenters. The van der Waals surface area contributed by atoms with E-state index in [4.69, 9.17) is 0 Å². The molecule has 1 aromatic carbocycles. The number of anilines is 1. The van der Waals surface area contributed by atoms with E-state index in [0.29, 0.717) is 36.4 Å². The molecule has 0 radical (unpaired) electrons.